The van der Waals surface area contributed by atoms with Crippen LogP contribution in [0.4, 0.5) is 11.4 Å². The second-order valence-electron chi connectivity index (χ2n) is 6.46. The molecule has 1 aliphatic carbocycles. The van der Waals surface area contributed by atoms with Crippen LogP contribution in [0.5, 0.6) is 0 Å². The van der Waals surface area contributed by atoms with Gasteiger partial charge >= 0.3 is 0 Å². The molecule has 1 heterocycles. The molecule has 1 fully saturated rings. The number of nitrogens with one attached hydrogen (secondary N) is 2. The first kappa shape index (κ1) is 15.8. The molecule has 6 heteroatoms. The highest BCUT2D eigenvalue weighted by Gasteiger charge is 2.28. The number of nitrogens with zero attached hydrogens (tertiary/aromatic N) is 1. The number of anilines is 2. The fraction of sp³-hybridized carbons (Fsp3) is 0.529. The molecule has 0 spiro atoms. The van der Waals surface area contributed by atoms with Crippen molar-refractivity contribution < 1.29 is 9.59 Å². The lowest BCUT2D eigenvalue weighted by molar-refractivity contribution is -0.115. The third kappa shape index (κ3) is 3.32. The number of rotatable bonds is 3. The molecule has 2 aliphatic rings. The molecule has 23 heavy (non-hydrogen) atoms. The van der Waals surface area contributed by atoms with E-state index in [1.165, 1.54) is 0 Å². The zero-order chi connectivity index (χ0) is 16.4. The van der Waals surface area contributed by atoms with Crippen molar-refractivity contribution in [2.24, 2.45) is 11.7 Å². The number of hydrogen-bond donors (Lipinski definition) is 3. The molecule has 1 saturated carbocycles. The second kappa shape index (κ2) is 6.58. The molecule has 124 valence electrons. The van der Waals surface area contributed by atoms with Gasteiger partial charge in [0.2, 0.25) is 5.91 Å². The van der Waals surface area contributed by atoms with Crippen LogP contribution in [0.15, 0.2) is 18.2 Å². The van der Waals surface area contributed by atoms with Crippen LogP contribution in [-0.4, -0.2) is 38.0 Å². The van der Waals surface area contributed by atoms with E-state index in [9.17, 15) is 9.59 Å². The van der Waals surface area contributed by atoms with Crippen LogP contribution in [0, 0.1) is 5.92 Å². The zero-order valence-electron chi connectivity index (χ0n) is 13.5. The van der Waals surface area contributed by atoms with Crippen LogP contribution >= 0.6 is 0 Å². The van der Waals surface area contributed by atoms with Gasteiger partial charge in [-0.2, -0.15) is 0 Å². The Morgan fingerprint density at radius 3 is 3.04 bits per heavy atom. The number of benzene rings is 1. The fourth-order valence-corrected chi connectivity index (χ4v) is 3.47. The normalized spacial score (nSPS) is 23.9. The quantitative estimate of drug-likeness (QED) is 0.785. The third-order valence-electron chi connectivity index (χ3n) is 4.90. The summed E-state index contributed by atoms with van der Waals surface area (Å²) in [4.78, 5) is 26.3. The molecule has 0 bridgehead atoms. The number of fused-ring (bicyclic) bond motifs is 1. The number of amides is 2. The third-order valence-corrected chi connectivity index (χ3v) is 4.90. The molecule has 6 nitrogen and oxygen atoms in total. The van der Waals surface area contributed by atoms with E-state index in [1.807, 2.05) is 24.1 Å². The average molecular weight is 316 g/mol. The van der Waals surface area contributed by atoms with E-state index in [0.717, 1.165) is 24.9 Å². The van der Waals surface area contributed by atoms with E-state index >= 15 is 0 Å². The van der Waals surface area contributed by atoms with Gasteiger partial charge in [-0.3, -0.25) is 9.59 Å². The van der Waals surface area contributed by atoms with Crippen LogP contribution in [0.3, 0.4) is 0 Å². The SMILES string of the molecule is CN1CCC(=O)Nc2cc(C(=O)NC3CCCC3CN)ccc21. The Morgan fingerprint density at radius 2 is 2.26 bits per heavy atom. The minimum Gasteiger partial charge on any atom is -0.372 e. The molecule has 1 aliphatic heterocycles. The molecular formula is C17H24N4O2. The van der Waals surface area contributed by atoms with E-state index in [-0.39, 0.29) is 17.9 Å². The summed E-state index contributed by atoms with van der Waals surface area (Å²) >= 11 is 0. The van der Waals surface area contributed by atoms with E-state index in [2.05, 4.69) is 10.6 Å². The Kier molecular flexibility index (Phi) is 4.52. The lowest BCUT2D eigenvalue weighted by Gasteiger charge is -2.21. The summed E-state index contributed by atoms with van der Waals surface area (Å²) in [6.45, 7) is 1.28. The zero-order valence-corrected chi connectivity index (χ0v) is 13.5. The number of carbonyl (C=O) groups is 2. The van der Waals surface area contributed by atoms with Gasteiger partial charge in [0.25, 0.3) is 5.91 Å². The van der Waals surface area contributed by atoms with Crippen LogP contribution in [0.2, 0.25) is 0 Å². The molecule has 2 unspecified atom stereocenters. The van der Waals surface area contributed by atoms with Gasteiger partial charge in [-0.15, -0.1) is 0 Å². The Bertz CT molecular complexity index is 617. The van der Waals surface area contributed by atoms with Crippen molar-refractivity contribution in [3.05, 3.63) is 23.8 Å². The van der Waals surface area contributed by atoms with Gasteiger partial charge in [0.15, 0.2) is 0 Å². The highest BCUT2D eigenvalue weighted by atomic mass is 16.2. The van der Waals surface area contributed by atoms with Gasteiger partial charge in [0.1, 0.15) is 0 Å². The first-order valence-corrected chi connectivity index (χ1v) is 8.24. The predicted molar refractivity (Wildman–Crippen MR) is 90.6 cm³/mol. The minimum atomic E-state index is -0.0979. The Morgan fingerprint density at radius 1 is 1.43 bits per heavy atom. The van der Waals surface area contributed by atoms with Crippen LogP contribution in [0.25, 0.3) is 0 Å². The maximum absolute atomic E-state index is 12.5. The monoisotopic (exact) mass is 316 g/mol. The molecule has 0 saturated heterocycles. The Balaban J connectivity index is 1.78. The topological polar surface area (TPSA) is 87.5 Å². The summed E-state index contributed by atoms with van der Waals surface area (Å²) in [5.74, 6) is 0.247. The number of hydrogen-bond acceptors (Lipinski definition) is 4. The summed E-state index contributed by atoms with van der Waals surface area (Å²) in [6.07, 6.45) is 3.62. The van der Waals surface area contributed by atoms with Gasteiger partial charge in [-0.1, -0.05) is 6.42 Å². The largest absolute Gasteiger partial charge is 0.372 e. The van der Waals surface area contributed by atoms with Gasteiger partial charge in [-0.05, 0) is 43.5 Å². The fourth-order valence-electron chi connectivity index (χ4n) is 3.47. The molecule has 4 N–H and O–H groups in total. The minimum absolute atomic E-state index is 0.0212. The first-order chi connectivity index (χ1) is 11.1. The summed E-state index contributed by atoms with van der Waals surface area (Å²) in [5, 5.41) is 5.98. The van der Waals surface area contributed by atoms with Crippen molar-refractivity contribution in [2.75, 3.05) is 30.4 Å². The maximum atomic E-state index is 12.5. The molecule has 0 radical (unpaired) electrons. The standard InChI is InChI=1S/C17H24N4O2/c1-21-8-7-16(22)19-14-9-11(5-6-15(14)21)17(23)20-13-4-2-3-12(13)10-18/h5-6,9,12-13H,2-4,7-8,10,18H2,1H3,(H,19,22)(H,20,23). The van der Waals surface area contributed by atoms with Crippen LogP contribution in [-0.2, 0) is 4.79 Å². The second-order valence-corrected chi connectivity index (χ2v) is 6.46. The van der Waals surface area contributed by atoms with E-state index in [4.69, 9.17) is 5.73 Å². The predicted octanol–water partition coefficient (Wildman–Crippen LogP) is 1.32. The Hall–Kier alpha value is -2.08. The van der Waals surface area contributed by atoms with E-state index in [0.29, 0.717) is 36.7 Å². The highest BCUT2D eigenvalue weighted by Crippen LogP contribution is 2.29. The van der Waals surface area contributed by atoms with Gasteiger partial charge < -0.3 is 21.3 Å². The average Bonchev–Trinajstić information content (AvgIpc) is 2.93. The summed E-state index contributed by atoms with van der Waals surface area (Å²) in [7, 11) is 1.95. The number of nitrogens with two attached hydrogens (primary N) is 1. The van der Waals surface area contributed by atoms with Crippen molar-refractivity contribution in [3.8, 4) is 0 Å². The van der Waals surface area contributed by atoms with Crippen molar-refractivity contribution in [1.82, 2.24) is 5.32 Å². The van der Waals surface area contributed by atoms with E-state index in [1.54, 1.807) is 6.07 Å². The number of carbonyl (C=O) groups excluding carboxylic acids is 2. The molecule has 1 aromatic carbocycles. The first-order valence-electron chi connectivity index (χ1n) is 8.24. The Labute approximate surface area is 136 Å². The van der Waals surface area contributed by atoms with Crippen molar-refractivity contribution in [2.45, 2.75) is 31.7 Å². The molecule has 2 amide bonds. The van der Waals surface area contributed by atoms with Gasteiger partial charge in [0.05, 0.1) is 11.4 Å². The molecule has 3 rings (SSSR count). The van der Waals surface area contributed by atoms with E-state index < -0.39 is 0 Å². The summed E-state index contributed by atoms with van der Waals surface area (Å²) in [5.41, 5.74) is 7.98. The van der Waals surface area contributed by atoms with Crippen molar-refractivity contribution in [1.29, 1.82) is 0 Å². The lowest BCUT2D eigenvalue weighted by atomic mass is 10.0. The van der Waals surface area contributed by atoms with Crippen molar-refractivity contribution >= 4 is 23.2 Å². The summed E-state index contributed by atoms with van der Waals surface area (Å²) in [6, 6.07) is 5.62. The highest BCUT2D eigenvalue weighted by molar-refractivity contribution is 6.01. The van der Waals surface area contributed by atoms with Gasteiger partial charge in [0, 0.05) is 31.6 Å². The summed E-state index contributed by atoms with van der Waals surface area (Å²) < 4.78 is 0. The molecule has 0 aromatic heterocycles. The van der Waals surface area contributed by atoms with Crippen LogP contribution in [0.1, 0.15) is 36.0 Å². The van der Waals surface area contributed by atoms with Crippen LogP contribution < -0.4 is 21.3 Å². The van der Waals surface area contributed by atoms with Crippen molar-refractivity contribution in [3.63, 3.8) is 0 Å². The lowest BCUT2D eigenvalue weighted by Crippen LogP contribution is -2.39. The molecule has 2 atom stereocenters. The maximum Gasteiger partial charge on any atom is 0.251 e. The molecule has 1 aromatic rings. The molecular weight excluding hydrogens is 292 g/mol. The smallest absolute Gasteiger partial charge is 0.251 e. The van der Waals surface area contributed by atoms with Gasteiger partial charge in [-0.25, -0.2) is 0 Å².